The first-order valence-electron chi connectivity index (χ1n) is 10.1. The number of nitrogens with two attached hydrogens (primary N) is 1. The monoisotopic (exact) mass is 448 g/mol. The Bertz CT molecular complexity index is 552. The molecule has 0 aromatic rings. The fraction of sp³-hybridized carbons (Fsp3) is 0.842. The normalized spacial score (nSPS) is 16.9. The molecule has 3 amide bonds. The lowest BCUT2D eigenvalue weighted by Gasteiger charge is -2.30. The summed E-state index contributed by atoms with van der Waals surface area (Å²) < 4.78 is 4.86. The highest BCUT2D eigenvalue weighted by molar-refractivity contribution is 8.77. The number of hydrazine groups is 1. The van der Waals surface area contributed by atoms with Crippen molar-refractivity contribution in [1.82, 2.24) is 16.1 Å². The van der Waals surface area contributed by atoms with Gasteiger partial charge in [0.05, 0.1) is 6.61 Å². The van der Waals surface area contributed by atoms with Gasteiger partial charge in [0.25, 0.3) is 0 Å². The van der Waals surface area contributed by atoms with Crippen molar-refractivity contribution >= 4 is 39.5 Å². The Morgan fingerprint density at radius 2 is 1.76 bits per heavy atom. The molecule has 0 aromatic heterocycles. The molecule has 8 nitrogen and oxygen atoms in total. The third-order valence-electron chi connectivity index (χ3n) is 4.54. The largest absolute Gasteiger partial charge is 0.449 e. The third kappa shape index (κ3) is 12.2. The number of unbranched alkanes of at least 4 members (excludes halogenated alkanes) is 1. The van der Waals surface area contributed by atoms with Gasteiger partial charge < -0.3 is 15.4 Å². The van der Waals surface area contributed by atoms with Crippen molar-refractivity contribution in [3.8, 4) is 0 Å². The lowest BCUT2D eigenvalue weighted by atomic mass is 9.96. The third-order valence-corrected chi connectivity index (χ3v) is 7.55. The van der Waals surface area contributed by atoms with Gasteiger partial charge >= 0.3 is 6.09 Å². The first-order valence-corrected chi connectivity index (χ1v) is 12.4. The Balaban J connectivity index is 2.27. The molecule has 0 aliphatic carbocycles. The summed E-state index contributed by atoms with van der Waals surface area (Å²) in [6.07, 6.45) is 4.76. The van der Waals surface area contributed by atoms with E-state index in [1.165, 1.54) is 18.6 Å². The van der Waals surface area contributed by atoms with E-state index in [4.69, 9.17) is 10.6 Å². The molecular formula is C19H36N4O4S2. The van der Waals surface area contributed by atoms with Crippen LogP contribution in [0, 0.1) is 0 Å². The van der Waals surface area contributed by atoms with Gasteiger partial charge in [0.1, 0.15) is 0 Å². The van der Waals surface area contributed by atoms with E-state index in [0.717, 1.165) is 18.1 Å². The number of ether oxygens (including phenoxy) is 1. The number of amides is 3. The minimum atomic E-state index is -0.711. The molecule has 1 fully saturated rings. The van der Waals surface area contributed by atoms with Crippen LogP contribution in [-0.4, -0.2) is 46.6 Å². The molecule has 5 N–H and O–H groups in total. The summed E-state index contributed by atoms with van der Waals surface area (Å²) in [5, 5.41) is 6.63. The molecule has 168 valence electrons. The van der Waals surface area contributed by atoms with E-state index in [2.05, 4.69) is 10.6 Å². The van der Waals surface area contributed by atoms with Crippen molar-refractivity contribution in [3.05, 3.63) is 0 Å². The van der Waals surface area contributed by atoms with E-state index in [1.54, 1.807) is 0 Å². The Kier molecular flexibility index (Phi) is 11.2. The van der Waals surface area contributed by atoms with E-state index in [9.17, 15) is 14.4 Å². The maximum atomic E-state index is 12.4. The summed E-state index contributed by atoms with van der Waals surface area (Å²) >= 11 is 0. The van der Waals surface area contributed by atoms with Gasteiger partial charge in [-0.15, -0.1) is 0 Å². The van der Waals surface area contributed by atoms with Crippen LogP contribution >= 0.6 is 21.6 Å². The zero-order valence-corrected chi connectivity index (χ0v) is 19.6. The van der Waals surface area contributed by atoms with E-state index in [0.29, 0.717) is 12.8 Å². The summed E-state index contributed by atoms with van der Waals surface area (Å²) in [7, 11) is 3.91. The summed E-state index contributed by atoms with van der Waals surface area (Å²) in [4.78, 5) is 35.6. The van der Waals surface area contributed by atoms with Crippen molar-refractivity contribution in [2.24, 2.45) is 5.84 Å². The average molecular weight is 449 g/mol. The van der Waals surface area contributed by atoms with E-state index < -0.39 is 17.2 Å². The van der Waals surface area contributed by atoms with Gasteiger partial charge in [-0.1, -0.05) is 28.0 Å². The molecule has 0 bridgehead atoms. The van der Waals surface area contributed by atoms with Crippen molar-refractivity contribution in [2.45, 2.75) is 89.0 Å². The number of hydrogen-bond donors (Lipinski definition) is 4. The topological polar surface area (TPSA) is 123 Å². The molecule has 1 atom stereocenters. The van der Waals surface area contributed by atoms with Crippen LogP contribution in [0.2, 0.25) is 0 Å². The first kappa shape index (κ1) is 25.9. The zero-order chi connectivity index (χ0) is 21.9. The van der Waals surface area contributed by atoms with Crippen LogP contribution in [-0.2, 0) is 14.3 Å². The molecular weight excluding hydrogens is 412 g/mol. The van der Waals surface area contributed by atoms with Gasteiger partial charge in [0.2, 0.25) is 11.8 Å². The van der Waals surface area contributed by atoms with Crippen LogP contribution in [0.4, 0.5) is 4.79 Å². The van der Waals surface area contributed by atoms with Crippen molar-refractivity contribution in [3.63, 3.8) is 0 Å². The van der Waals surface area contributed by atoms with Crippen molar-refractivity contribution in [2.75, 3.05) is 12.4 Å². The van der Waals surface area contributed by atoms with Crippen molar-refractivity contribution in [1.29, 1.82) is 0 Å². The average Bonchev–Trinajstić information content (AvgIpc) is 3.10. The zero-order valence-electron chi connectivity index (χ0n) is 18.0. The molecule has 1 unspecified atom stereocenters. The molecule has 1 rings (SSSR count). The summed E-state index contributed by atoms with van der Waals surface area (Å²) in [5.74, 6) is 6.00. The molecule has 1 aliphatic rings. The smallest absolute Gasteiger partial charge is 0.421 e. The minimum Gasteiger partial charge on any atom is -0.449 e. The van der Waals surface area contributed by atoms with Crippen LogP contribution in [0.15, 0.2) is 0 Å². The van der Waals surface area contributed by atoms with Gasteiger partial charge in [-0.25, -0.2) is 10.6 Å². The molecule has 10 heteroatoms. The van der Waals surface area contributed by atoms with E-state index in [1.807, 2.05) is 54.7 Å². The second kappa shape index (κ2) is 12.5. The number of hydrogen-bond acceptors (Lipinski definition) is 7. The molecule has 0 aromatic carbocycles. The highest BCUT2D eigenvalue weighted by Gasteiger charge is 2.27. The summed E-state index contributed by atoms with van der Waals surface area (Å²) in [6.45, 7) is 7.52. The molecule has 0 saturated carbocycles. The lowest BCUT2D eigenvalue weighted by Crippen LogP contribution is -2.50. The highest BCUT2D eigenvalue weighted by Crippen LogP contribution is 2.39. The van der Waals surface area contributed by atoms with Crippen molar-refractivity contribution < 1.29 is 19.1 Å². The fourth-order valence-corrected chi connectivity index (χ4v) is 6.06. The molecule has 1 heterocycles. The van der Waals surface area contributed by atoms with Gasteiger partial charge in [0.15, 0.2) is 0 Å². The lowest BCUT2D eigenvalue weighted by molar-refractivity contribution is -0.126. The number of carbonyl (C=O) groups excluding carboxylic acids is 3. The fourth-order valence-electron chi connectivity index (χ4n) is 3.03. The highest BCUT2D eigenvalue weighted by atomic mass is 33.1. The Hall–Kier alpha value is -1.13. The molecule has 29 heavy (non-hydrogen) atoms. The minimum absolute atomic E-state index is 0.0169. The van der Waals surface area contributed by atoms with Gasteiger partial charge in [-0.05, 0) is 47.0 Å². The van der Waals surface area contributed by atoms with E-state index >= 15 is 0 Å². The Morgan fingerprint density at radius 3 is 2.38 bits per heavy atom. The maximum Gasteiger partial charge on any atom is 0.421 e. The molecule has 0 radical (unpaired) electrons. The van der Waals surface area contributed by atoms with E-state index in [-0.39, 0.29) is 24.8 Å². The van der Waals surface area contributed by atoms with Gasteiger partial charge in [0, 0.05) is 41.3 Å². The summed E-state index contributed by atoms with van der Waals surface area (Å²) in [6, 6.07) is 0. The quantitative estimate of drug-likeness (QED) is 0.119. The summed E-state index contributed by atoms with van der Waals surface area (Å²) in [5.41, 5.74) is 0.696. The Morgan fingerprint density at radius 1 is 1.07 bits per heavy atom. The van der Waals surface area contributed by atoms with Gasteiger partial charge in [-0.2, -0.15) is 0 Å². The Labute approximate surface area is 182 Å². The second-order valence-electron chi connectivity index (χ2n) is 8.65. The van der Waals surface area contributed by atoms with Crippen LogP contribution in [0.3, 0.4) is 0 Å². The van der Waals surface area contributed by atoms with Crippen LogP contribution in [0.5, 0.6) is 0 Å². The maximum absolute atomic E-state index is 12.4. The number of nitrogens with one attached hydrogen (secondary N) is 3. The number of carbonyl (C=O) groups is 3. The first-order chi connectivity index (χ1) is 13.5. The standard InChI is InChI=1S/C19H36N4O4S2/c1-18(2,10-11-27-17(26)23-20)22-16(25)13-19(3,4)21-15(24)8-6-5-7-14-9-12-28-29-14/h14H,5-13,20H2,1-4H3,(H,21,24)(H,22,25)(H,23,26). The molecule has 1 saturated heterocycles. The predicted molar refractivity (Wildman–Crippen MR) is 119 cm³/mol. The molecule has 0 spiro atoms. The molecule has 1 aliphatic heterocycles. The number of rotatable bonds is 12. The predicted octanol–water partition coefficient (Wildman–Crippen LogP) is 2.87. The van der Waals surface area contributed by atoms with Gasteiger partial charge in [-0.3, -0.25) is 15.0 Å². The second-order valence-corrected chi connectivity index (χ2v) is 11.4. The SMILES string of the molecule is CC(C)(CCOC(=O)NN)NC(=O)CC(C)(C)NC(=O)CCCCC1CCSS1. The van der Waals surface area contributed by atoms with Crippen LogP contribution < -0.4 is 21.9 Å². The van der Waals surface area contributed by atoms with Crippen LogP contribution in [0.25, 0.3) is 0 Å². The van der Waals surface area contributed by atoms with Crippen LogP contribution in [0.1, 0.15) is 72.6 Å².